The number of nitro benzene ring substituents is 1. The van der Waals surface area contributed by atoms with E-state index in [0.717, 1.165) is 21.9 Å². The van der Waals surface area contributed by atoms with E-state index in [2.05, 4.69) is 0 Å². The van der Waals surface area contributed by atoms with Crippen LogP contribution in [0.15, 0.2) is 100 Å². The summed E-state index contributed by atoms with van der Waals surface area (Å²) in [6.45, 7) is 0. The number of halogens is 1. The zero-order valence-electron chi connectivity index (χ0n) is 14.2. The van der Waals surface area contributed by atoms with Crippen LogP contribution in [0.3, 0.4) is 0 Å². The van der Waals surface area contributed by atoms with Gasteiger partial charge < -0.3 is 0 Å². The summed E-state index contributed by atoms with van der Waals surface area (Å²) < 4.78 is 0. The highest BCUT2D eigenvalue weighted by Crippen LogP contribution is 2.23. The van der Waals surface area contributed by atoms with Crippen molar-refractivity contribution in [2.45, 2.75) is 4.90 Å². The quantitative estimate of drug-likeness (QED) is 0.203. The van der Waals surface area contributed by atoms with Gasteiger partial charge in [0.25, 0.3) is 5.69 Å². The monoisotopic (exact) mass is 394 g/mol. The summed E-state index contributed by atoms with van der Waals surface area (Å²) in [6.07, 6.45) is 1.92. The van der Waals surface area contributed by atoms with Crippen LogP contribution in [-0.4, -0.2) is 10.6 Å². The van der Waals surface area contributed by atoms with Crippen LogP contribution in [0.2, 0.25) is 5.02 Å². The first-order valence-electron chi connectivity index (χ1n) is 8.09. The zero-order chi connectivity index (χ0) is 19.1. The lowest BCUT2D eigenvalue weighted by Crippen LogP contribution is -1.95. The van der Waals surface area contributed by atoms with Crippen molar-refractivity contribution in [2.24, 2.45) is 4.99 Å². The molecule has 3 aromatic carbocycles. The van der Waals surface area contributed by atoms with Crippen LogP contribution in [0.25, 0.3) is 0 Å². The average Bonchev–Trinajstić information content (AvgIpc) is 2.69. The Morgan fingerprint density at radius 1 is 0.963 bits per heavy atom. The molecule has 0 aliphatic rings. The molecule has 0 heterocycles. The van der Waals surface area contributed by atoms with Crippen molar-refractivity contribution in [3.8, 4) is 0 Å². The Labute approximate surface area is 166 Å². The van der Waals surface area contributed by atoms with Gasteiger partial charge in [-0.3, -0.25) is 10.1 Å². The van der Waals surface area contributed by atoms with Crippen LogP contribution in [-0.2, 0) is 0 Å². The molecule has 0 aromatic heterocycles. The summed E-state index contributed by atoms with van der Waals surface area (Å²) in [6, 6.07) is 23.6. The molecule has 0 saturated carbocycles. The van der Waals surface area contributed by atoms with E-state index in [4.69, 9.17) is 16.6 Å². The molecule has 6 heteroatoms. The first-order valence-corrected chi connectivity index (χ1v) is 9.35. The third kappa shape index (κ3) is 5.54. The SMILES string of the molecule is O=[N+]([O-])c1ccc(SC=CC(=Nc2ccccc2)c2ccc(Cl)cc2)cc1. The van der Waals surface area contributed by atoms with E-state index in [1.54, 1.807) is 12.1 Å². The summed E-state index contributed by atoms with van der Waals surface area (Å²) >= 11 is 7.45. The second-order valence-electron chi connectivity index (χ2n) is 5.51. The molecular formula is C21H15ClN2O2S. The van der Waals surface area contributed by atoms with Gasteiger partial charge in [-0.1, -0.05) is 53.7 Å². The van der Waals surface area contributed by atoms with E-state index in [1.165, 1.54) is 23.9 Å². The number of allylic oxidation sites excluding steroid dienone is 1. The van der Waals surface area contributed by atoms with Crippen molar-refractivity contribution in [3.63, 3.8) is 0 Å². The Kier molecular flexibility index (Phi) is 6.41. The number of para-hydroxylation sites is 1. The molecule has 134 valence electrons. The van der Waals surface area contributed by atoms with Gasteiger partial charge in [0.1, 0.15) is 0 Å². The van der Waals surface area contributed by atoms with Crippen molar-refractivity contribution < 1.29 is 4.92 Å². The van der Waals surface area contributed by atoms with E-state index in [9.17, 15) is 10.1 Å². The van der Waals surface area contributed by atoms with Crippen LogP contribution >= 0.6 is 23.4 Å². The largest absolute Gasteiger partial charge is 0.269 e. The van der Waals surface area contributed by atoms with Gasteiger partial charge in [0.05, 0.1) is 16.3 Å². The van der Waals surface area contributed by atoms with Gasteiger partial charge in [-0.2, -0.15) is 0 Å². The second-order valence-corrected chi connectivity index (χ2v) is 6.93. The highest BCUT2D eigenvalue weighted by atomic mass is 35.5. The number of benzene rings is 3. The topological polar surface area (TPSA) is 55.5 Å². The van der Waals surface area contributed by atoms with Gasteiger partial charge in [0.15, 0.2) is 0 Å². The molecule has 0 aliphatic heterocycles. The first kappa shape index (κ1) is 18.9. The van der Waals surface area contributed by atoms with Gasteiger partial charge in [-0.15, -0.1) is 0 Å². The molecule has 0 unspecified atom stereocenters. The number of non-ortho nitro benzene ring substituents is 1. The molecule has 0 radical (unpaired) electrons. The first-order chi connectivity index (χ1) is 13.1. The van der Waals surface area contributed by atoms with E-state index in [1.807, 2.05) is 66.1 Å². The minimum absolute atomic E-state index is 0.0795. The number of hydrogen-bond acceptors (Lipinski definition) is 4. The molecule has 4 nitrogen and oxygen atoms in total. The standard InChI is InChI=1S/C21H15ClN2O2S/c22-17-8-6-16(7-9-17)21(23-18-4-2-1-3-5-18)14-15-27-20-12-10-19(11-13-20)24(25)26/h1-15H. The van der Waals surface area contributed by atoms with Gasteiger partial charge in [-0.25, -0.2) is 4.99 Å². The second kappa shape index (κ2) is 9.16. The number of thioether (sulfide) groups is 1. The maximum Gasteiger partial charge on any atom is 0.269 e. The summed E-state index contributed by atoms with van der Waals surface area (Å²) in [5.41, 5.74) is 2.68. The molecular weight excluding hydrogens is 380 g/mol. The van der Waals surface area contributed by atoms with Gasteiger partial charge in [0.2, 0.25) is 0 Å². The molecule has 0 saturated heterocycles. The maximum atomic E-state index is 10.7. The summed E-state index contributed by atoms with van der Waals surface area (Å²) in [4.78, 5) is 15.9. The molecule has 0 fully saturated rings. The summed E-state index contributed by atoms with van der Waals surface area (Å²) in [7, 11) is 0. The Bertz CT molecular complexity index is 969. The number of rotatable bonds is 6. The van der Waals surface area contributed by atoms with Crippen LogP contribution in [0, 0.1) is 10.1 Å². The fourth-order valence-electron chi connectivity index (χ4n) is 2.28. The van der Waals surface area contributed by atoms with Crippen molar-refractivity contribution in [1.29, 1.82) is 0 Å². The van der Waals surface area contributed by atoms with Crippen LogP contribution in [0.5, 0.6) is 0 Å². The van der Waals surface area contributed by atoms with Crippen LogP contribution in [0.4, 0.5) is 11.4 Å². The molecule has 0 N–H and O–H groups in total. The van der Waals surface area contributed by atoms with Gasteiger partial charge in [0, 0.05) is 27.6 Å². The molecule has 3 aromatic rings. The van der Waals surface area contributed by atoms with Crippen LogP contribution < -0.4 is 0 Å². The highest BCUT2D eigenvalue weighted by Gasteiger charge is 2.04. The number of nitro groups is 1. The highest BCUT2D eigenvalue weighted by molar-refractivity contribution is 8.02. The lowest BCUT2D eigenvalue weighted by molar-refractivity contribution is -0.384. The molecule has 0 aliphatic carbocycles. The Hall–Kier alpha value is -2.89. The number of aliphatic imine (C=N–C) groups is 1. The minimum Gasteiger partial charge on any atom is -0.258 e. The fourth-order valence-corrected chi connectivity index (χ4v) is 3.06. The van der Waals surface area contributed by atoms with E-state index in [-0.39, 0.29) is 5.69 Å². The normalized spacial score (nSPS) is 11.7. The van der Waals surface area contributed by atoms with Crippen molar-refractivity contribution >= 4 is 40.4 Å². The molecule has 0 bridgehead atoms. The molecule has 0 spiro atoms. The van der Waals surface area contributed by atoms with Crippen LogP contribution in [0.1, 0.15) is 5.56 Å². The third-order valence-corrected chi connectivity index (χ3v) is 4.69. The summed E-state index contributed by atoms with van der Waals surface area (Å²) in [5.74, 6) is 0. The summed E-state index contributed by atoms with van der Waals surface area (Å²) in [5, 5.41) is 13.3. The third-order valence-electron chi connectivity index (χ3n) is 3.62. The minimum atomic E-state index is -0.407. The maximum absolute atomic E-state index is 10.7. The van der Waals surface area contributed by atoms with Gasteiger partial charge in [-0.05, 0) is 47.9 Å². The Balaban J connectivity index is 1.82. The van der Waals surface area contributed by atoms with E-state index < -0.39 is 4.92 Å². The average molecular weight is 395 g/mol. The fraction of sp³-hybridized carbons (Fsp3) is 0. The zero-order valence-corrected chi connectivity index (χ0v) is 15.7. The predicted molar refractivity (Wildman–Crippen MR) is 112 cm³/mol. The van der Waals surface area contributed by atoms with E-state index >= 15 is 0 Å². The number of nitrogens with zero attached hydrogens (tertiary/aromatic N) is 2. The predicted octanol–water partition coefficient (Wildman–Crippen LogP) is 6.68. The lowest BCUT2D eigenvalue weighted by Gasteiger charge is -2.03. The van der Waals surface area contributed by atoms with Crippen molar-refractivity contribution in [3.05, 3.63) is 111 Å². The Morgan fingerprint density at radius 2 is 1.63 bits per heavy atom. The lowest BCUT2D eigenvalue weighted by atomic mass is 10.1. The molecule has 0 atom stereocenters. The molecule has 3 rings (SSSR count). The van der Waals surface area contributed by atoms with E-state index in [0.29, 0.717) is 5.02 Å². The number of hydrogen-bond donors (Lipinski definition) is 0. The molecule has 27 heavy (non-hydrogen) atoms. The van der Waals surface area contributed by atoms with Gasteiger partial charge >= 0.3 is 0 Å². The Morgan fingerprint density at radius 3 is 2.26 bits per heavy atom. The van der Waals surface area contributed by atoms with Crippen molar-refractivity contribution in [2.75, 3.05) is 0 Å². The molecule has 0 amide bonds. The smallest absolute Gasteiger partial charge is 0.258 e. The van der Waals surface area contributed by atoms with Crippen molar-refractivity contribution in [1.82, 2.24) is 0 Å².